The summed E-state index contributed by atoms with van der Waals surface area (Å²) in [5, 5.41) is 0. The zero-order chi connectivity index (χ0) is 19.7. The summed E-state index contributed by atoms with van der Waals surface area (Å²) in [4.78, 5) is 62.7. The number of aromatic amines is 4. The molecule has 4 rings (SSSR count). The standard InChI is InChI=1S/C10H14N4O2.C5H4N4O2/c1-6(2)4-14-8-7(11-5-12-8)9(15)13(3)10(14)16;10-4-2-3(7-1-6-2)8-5(11)9-4/h5-6H,4H2,1-3H3,(H,11,12);1H,(H3,6,7,8,9,10,11). The second-order valence-corrected chi connectivity index (χ2v) is 6.29. The van der Waals surface area contributed by atoms with E-state index in [4.69, 9.17) is 0 Å². The zero-order valence-electron chi connectivity index (χ0n) is 14.9. The molecular weight excluding hydrogens is 356 g/mol. The highest BCUT2D eigenvalue weighted by molar-refractivity contribution is 5.68. The minimum Gasteiger partial charge on any atom is -0.339 e. The van der Waals surface area contributed by atoms with E-state index in [2.05, 4.69) is 29.9 Å². The summed E-state index contributed by atoms with van der Waals surface area (Å²) in [6.07, 6.45) is 2.78. The van der Waals surface area contributed by atoms with Crippen molar-refractivity contribution >= 4 is 22.3 Å². The van der Waals surface area contributed by atoms with Gasteiger partial charge in [0.2, 0.25) is 0 Å². The number of rotatable bonds is 2. The van der Waals surface area contributed by atoms with E-state index in [9.17, 15) is 19.2 Å². The van der Waals surface area contributed by atoms with Crippen LogP contribution in [0, 0.1) is 5.92 Å². The number of aromatic nitrogens is 8. The van der Waals surface area contributed by atoms with Gasteiger partial charge in [0.05, 0.1) is 12.7 Å². The van der Waals surface area contributed by atoms with Crippen LogP contribution in [0.15, 0.2) is 31.8 Å². The Bertz CT molecular complexity index is 1330. The van der Waals surface area contributed by atoms with E-state index in [1.807, 2.05) is 13.8 Å². The second-order valence-electron chi connectivity index (χ2n) is 6.29. The van der Waals surface area contributed by atoms with Crippen molar-refractivity contribution in [2.24, 2.45) is 13.0 Å². The molecule has 0 fully saturated rings. The fourth-order valence-corrected chi connectivity index (χ4v) is 2.57. The molecule has 4 aromatic rings. The monoisotopic (exact) mass is 374 g/mol. The van der Waals surface area contributed by atoms with E-state index in [1.54, 1.807) is 0 Å². The normalized spacial score (nSPS) is 11.1. The molecule has 4 N–H and O–H groups in total. The number of fused-ring (bicyclic) bond motifs is 2. The molecule has 0 spiro atoms. The van der Waals surface area contributed by atoms with Crippen molar-refractivity contribution in [3.8, 4) is 0 Å². The molecule has 0 aliphatic carbocycles. The van der Waals surface area contributed by atoms with Gasteiger partial charge in [-0.2, -0.15) is 0 Å². The molecule has 4 heterocycles. The molecule has 0 unspecified atom stereocenters. The predicted molar refractivity (Wildman–Crippen MR) is 97.8 cm³/mol. The van der Waals surface area contributed by atoms with Crippen molar-refractivity contribution in [2.45, 2.75) is 20.4 Å². The van der Waals surface area contributed by atoms with Gasteiger partial charge in [-0.15, -0.1) is 0 Å². The van der Waals surface area contributed by atoms with Crippen molar-refractivity contribution in [2.75, 3.05) is 0 Å². The Kier molecular flexibility index (Phi) is 4.62. The van der Waals surface area contributed by atoms with Gasteiger partial charge >= 0.3 is 11.4 Å². The van der Waals surface area contributed by atoms with Crippen LogP contribution in [0.4, 0.5) is 0 Å². The Morgan fingerprint density at radius 1 is 1.00 bits per heavy atom. The predicted octanol–water partition coefficient (Wildman–Crippen LogP) is -0.981. The SMILES string of the molecule is CC(C)Cn1c(=O)n(C)c(=O)c2[nH]cnc21.O=c1[nH]c(=O)c2[nH]cnc2[nH]1. The summed E-state index contributed by atoms with van der Waals surface area (Å²) in [5.41, 5.74) is -0.292. The molecule has 0 bridgehead atoms. The maximum Gasteiger partial charge on any atom is 0.332 e. The minimum absolute atomic E-state index is 0.277. The first-order chi connectivity index (χ1) is 12.8. The Balaban J connectivity index is 0.000000166. The van der Waals surface area contributed by atoms with Crippen molar-refractivity contribution in [3.05, 3.63) is 54.3 Å². The minimum atomic E-state index is -0.547. The third kappa shape index (κ3) is 3.36. The summed E-state index contributed by atoms with van der Waals surface area (Å²) in [6, 6.07) is 0. The van der Waals surface area contributed by atoms with Crippen LogP contribution in [0.2, 0.25) is 0 Å². The highest BCUT2D eigenvalue weighted by Crippen LogP contribution is 2.04. The first-order valence-corrected chi connectivity index (χ1v) is 8.08. The third-order valence-corrected chi connectivity index (χ3v) is 3.78. The smallest absolute Gasteiger partial charge is 0.332 e. The average molecular weight is 374 g/mol. The van der Waals surface area contributed by atoms with Gasteiger partial charge < -0.3 is 9.97 Å². The molecule has 4 aromatic heterocycles. The van der Waals surface area contributed by atoms with E-state index < -0.39 is 11.2 Å². The molecule has 0 saturated heterocycles. The molecule has 0 aromatic carbocycles. The van der Waals surface area contributed by atoms with Gasteiger partial charge in [0.15, 0.2) is 11.3 Å². The van der Waals surface area contributed by atoms with Gasteiger partial charge in [0, 0.05) is 13.6 Å². The van der Waals surface area contributed by atoms with Gasteiger partial charge in [-0.25, -0.2) is 19.6 Å². The lowest BCUT2D eigenvalue weighted by atomic mass is 10.2. The maximum absolute atomic E-state index is 11.9. The topological polar surface area (TPSA) is 167 Å². The molecule has 0 radical (unpaired) electrons. The highest BCUT2D eigenvalue weighted by atomic mass is 16.2. The van der Waals surface area contributed by atoms with Crippen LogP contribution in [0.1, 0.15) is 13.8 Å². The molecule has 142 valence electrons. The lowest BCUT2D eigenvalue weighted by molar-refractivity contribution is 0.500. The summed E-state index contributed by atoms with van der Waals surface area (Å²) in [5.74, 6) is 0.315. The van der Waals surface area contributed by atoms with Crippen molar-refractivity contribution < 1.29 is 0 Å². The average Bonchev–Trinajstić information content (AvgIpc) is 3.26. The molecule has 12 heteroatoms. The molecule has 27 heavy (non-hydrogen) atoms. The van der Waals surface area contributed by atoms with Gasteiger partial charge in [-0.3, -0.25) is 28.7 Å². The van der Waals surface area contributed by atoms with E-state index in [-0.39, 0.29) is 22.4 Å². The van der Waals surface area contributed by atoms with Crippen LogP contribution in [0.3, 0.4) is 0 Å². The largest absolute Gasteiger partial charge is 0.339 e. The Labute approximate surface area is 149 Å². The number of hydrogen-bond donors (Lipinski definition) is 4. The van der Waals surface area contributed by atoms with Crippen LogP contribution in [0.25, 0.3) is 22.3 Å². The first-order valence-electron chi connectivity index (χ1n) is 8.08. The lowest BCUT2D eigenvalue weighted by Gasteiger charge is -2.10. The van der Waals surface area contributed by atoms with Gasteiger partial charge in [-0.1, -0.05) is 13.8 Å². The summed E-state index contributed by atoms with van der Waals surface area (Å²) in [6.45, 7) is 4.57. The van der Waals surface area contributed by atoms with E-state index >= 15 is 0 Å². The number of imidazole rings is 2. The molecule has 12 nitrogen and oxygen atoms in total. The van der Waals surface area contributed by atoms with Crippen LogP contribution < -0.4 is 22.5 Å². The number of nitrogens with zero attached hydrogens (tertiary/aromatic N) is 4. The fourth-order valence-electron chi connectivity index (χ4n) is 2.57. The Morgan fingerprint density at radius 2 is 1.67 bits per heavy atom. The van der Waals surface area contributed by atoms with Gasteiger partial charge in [-0.05, 0) is 5.92 Å². The van der Waals surface area contributed by atoms with Crippen molar-refractivity contribution in [1.29, 1.82) is 0 Å². The first kappa shape index (κ1) is 18.1. The fraction of sp³-hybridized carbons (Fsp3) is 0.333. The molecular formula is C15H18N8O4. The lowest BCUT2D eigenvalue weighted by Crippen LogP contribution is -2.38. The van der Waals surface area contributed by atoms with Crippen molar-refractivity contribution in [1.82, 2.24) is 39.0 Å². The summed E-state index contributed by atoms with van der Waals surface area (Å²) in [7, 11) is 1.47. The molecule has 0 aliphatic heterocycles. The summed E-state index contributed by atoms with van der Waals surface area (Å²) >= 11 is 0. The van der Waals surface area contributed by atoms with Crippen LogP contribution in [0.5, 0.6) is 0 Å². The van der Waals surface area contributed by atoms with Crippen LogP contribution >= 0.6 is 0 Å². The molecule has 0 atom stereocenters. The number of nitrogens with one attached hydrogen (secondary N) is 4. The quantitative estimate of drug-likeness (QED) is 0.352. The van der Waals surface area contributed by atoms with Gasteiger partial charge in [0.1, 0.15) is 11.0 Å². The molecule has 0 saturated carbocycles. The van der Waals surface area contributed by atoms with Crippen molar-refractivity contribution in [3.63, 3.8) is 0 Å². The van der Waals surface area contributed by atoms with Crippen LogP contribution in [-0.4, -0.2) is 39.0 Å². The Morgan fingerprint density at radius 3 is 2.37 bits per heavy atom. The molecule has 0 aliphatic rings. The highest BCUT2D eigenvalue weighted by Gasteiger charge is 2.13. The summed E-state index contributed by atoms with van der Waals surface area (Å²) < 4.78 is 2.63. The van der Waals surface area contributed by atoms with Crippen LogP contribution in [-0.2, 0) is 13.6 Å². The molecule has 0 amide bonds. The number of H-pyrrole nitrogens is 4. The van der Waals surface area contributed by atoms with E-state index in [0.717, 1.165) is 4.57 Å². The van der Waals surface area contributed by atoms with E-state index in [1.165, 1.54) is 24.3 Å². The Hall–Kier alpha value is -3.70. The third-order valence-electron chi connectivity index (χ3n) is 3.78. The maximum atomic E-state index is 11.9. The van der Waals surface area contributed by atoms with E-state index in [0.29, 0.717) is 23.6 Å². The van der Waals surface area contributed by atoms with Gasteiger partial charge in [0.25, 0.3) is 11.1 Å². The zero-order valence-corrected chi connectivity index (χ0v) is 14.9. The number of hydrogen-bond acceptors (Lipinski definition) is 6. The second kappa shape index (κ2) is 6.90.